The highest BCUT2D eigenvalue weighted by atomic mass is 32.5. The molecule has 0 rings (SSSR count). The number of amides is 1. The molecule has 0 aliphatic carbocycles. The Hall–Kier alpha value is -0.0400. The first-order chi connectivity index (χ1) is 8.46. The first-order valence-corrected chi connectivity index (χ1v) is 8.72. The molecule has 6 nitrogen and oxygen atoms in total. The monoisotopic (exact) mass is 298 g/mol. The third-order valence-electron chi connectivity index (χ3n) is 2.02. The Labute approximate surface area is 114 Å². The molecule has 0 aromatic carbocycles. The summed E-state index contributed by atoms with van der Waals surface area (Å²) in [5.74, 6) is -0.179. The van der Waals surface area contributed by atoms with Gasteiger partial charge in [0.05, 0.1) is 0 Å². The molecule has 1 unspecified atom stereocenters. The van der Waals surface area contributed by atoms with E-state index in [4.69, 9.17) is 21.0 Å². The lowest BCUT2D eigenvalue weighted by molar-refractivity contribution is -0.133. The molecule has 0 saturated carbocycles. The minimum atomic E-state index is -3.37. The Kier molecular flexibility index (Phi) is 9.81. The quantitative estimate of drug-likeness (QED) is 0.469. The van der Waals surface area contributed by atoms with E-state index in [-0.39, 0.29) is 12.5 Å². The third-order valence-corrected chi connectivity index (χ3v) is 3.37. The number of carbonyl (C=O) groups excluding carboxylic acids is 1. The Balaban J connectivity index is 4.16. The fraction of sp³-hybridized carbons (Fsp3) is 0.900. The first-order valence-electron chi connectivity index (χ1n) is 6.13. The number of nitrogens with one attached hydrogen (secondary N) is 1. The van der Waals surface area contributed by atoms with Crippen molar-refractivity contribution in [2.45, 2.75) is 33.6 Å². The van der Waals surface area contributed by atoms with E-state index in [1.807, 2.05) is 13.8 Å². The van der Waals surface area contributed by atoms with Gasteiger partial charge in [0.1, 0.15) is 6.61 Å². The molecule has 0 aromatic heterocycles. The zero-order chi connectivity index (χ0) is 14.0. The zero-order valence-corrected chi connectivity index (χ0v) is 12.9. The summed E-state index contributed by atoms with van der Waals surface area (Å²) in [5, 5.41) is 0. The van der Waals surface area contributed by atoms with Crippen LogP contribution in [0.2, 0.25) is 0 Å². The van der Waals surface area contributed by atoms with Crippen LogP contribution in [0, 0.1) is 0 Å². The van der Waals surface area contributed by atoms with E-state index >= 15 is 0 Å². The zero-order valence-electron chi connectivity index (χ0n) is 11.2. The maximum Gasteiger partial charge on any atom is 0.341 e. The largest absolute Gasteiger partial charge is 0.341 e. The molecule has 8 heteroatoms. The van der Waals surface area contributed by atoms with Gasteiger partial charge in [-0.25, -0.2) is 4.62 Å². The summed E-state index contributed by atoms with van der Waals surface area (Å²) in [6.07, 6.45) is 1.76. The van der Waals surface area contributed by atoms with Gasteiger partial charge in [0.15, 0.2) is 0 Å². The van der Waals surface area contributed by atoms with E-state index in [0.29, 0.717) is 19.6 Å². The molecule has 18 heavy (non-hydrogen) atoms. The average Bonchev–Trinajstić information content (AvgIpc) is 2.33. The van der Waals surface area contributed by atoms with Crippen molar-refractivity contribution >= 4 is 24.4 Å². The van der Waals surface area contributed by atoms with Gasteiger partial charge in [0, 0.05) is 19.6 Å². The van der Waals surface area contributed by atoms with Gasteiger partial charge in [0.25, 0.3) is 0 Å². The van der Waals surface area contributed by atoms with Crippen LogP contribution in [0.1, 0.15) is 33.6 Å². The number of hydrogen-bond acceptors (Lipinski definition) is 5. The van der Waals surface area contributed by atoms with Gasteiger partial charge in [-0.2, -0.15) is 5.48 Å². The van der Waals surface area contributed by atoms with Crippen molar-refractivity contribution in [3.63, 3.8) is 0 Å². The number of hydrogen-bond donors (Lipinski definition) is 2. The van der Waals surface area contributed by atoms with Crippen LogP contribution in [0.15, 0.2) is 0 Å². The summed E-state index contributed by atoms with van der Waals surface area (Å²) in [7, 11) is 0. The fourth-order valence-electron chi connectivity index (χ4n) is 1.30. The maximum absolute atomic E-state index is 11.8. The molecule has 0 heterocycles. The molecular formula is C10H23N2O4PS. The second-order valence-corrected chi connectivity index (χ2v) is 6.47. The van der Waals surface area contributed by atoms with Gasteiger partial charge in [-0.05, 0) is 24.6 Å². The average molecular weight is 298 g/mol. The molecule has 0 spiro atoms. The smallest absolute Gasteiger partial charge is 0.341 e. The van der Waals surface area contributed by atoms with Gasteiger partial charge in [0.2, 0.25) is 5.91 Å². The molecule has 1 amide bonds. The molecule has 1 atom stereocenters. The van der Waals surface area contributed by atoms with Crippen molar-refractivity contribution in [1.29, 1.82) is 0 Å². The van der Waals surface area contributed by atoms with Crippen molar-refractivity contribution in [1.82, 2.24) is 10.4 Å². The Bertz CT molecular complexity index is 285. The summed E-state index contributed by atoms with van der Waals surface area (Å²) < 4.78 is 9.74. The number of rotatable bonds is 10. The molecule has 0 fully saturated rings. The molecule has 2 N–H and O–H groups in total. The Morgan fingerprint density at radius 2 is 1.89 bits per heavy atom. The van der Waals surface area contributed by atoms with E-state index in [1.54, 1.807) is 11.8 Å². The molecule has 0 bridgehead atoms. The molecule has 0 radical (unpaired) electrons. The third kappa shape index (κ3) is 8.13. The molecule has 0 aromatic rings. The summed E-state index contributed by atoms with van der Waals surface area (Å²) >= 11 is 4.73. The van der Waals surface area contributed by atoms with E-state index in [9.17, 15) is 9.69 Å². The van der Waals surface area contributed by atoms with Crippen molar-refractivity contribution in [2.75, 3.05) is 26.2 Å². The standard InChI is InChI=1S/C10H23N2O4PS/c1-4-7-12(8-5-2)10(13)9-15-17(14,18)16-11-6-3/h11H,4-9H2,1-3H3,(H,14,18). The maximum atomic E-state index is 11.8. The van der Waals surface area contributed by atoms with Crippen LogP contribution in [-0.2, 0) is 25.7 Å². The van der Waals surface area contributed by atoms with Crippen LogP contribution in [0.4, 0.5) is 0 Å². The van der Waals surface area contributed by atoms with Crippen LogP contribution in [0.3, 0.4) is 0 Å². The van der Waals surface area contributed by atoms with E-state index in [2.05, 4.69) is 5.48 Å². The lowest BCUT2D eigenvalue weighted by Crippen LogP contribution is -2.35. The van der Waals surface area contributed by atoms with Crippen molar-refractivity contribution in [2.24, 2.45) is 0 Å². The van der Waals surface area contributed by atoms with Gasteiger partial charge >= 0.3 is 6.72 Å². The predicted molar refractivity (Wildman–Crippen MR) is 74.4 cm³/mol. The second kappa shape index (κ2) is 9.83. The van der Waals surface area contributed by atoms with Gasteiger partial charge < -0.3 is 9.79 Å². The highest BCUT2D eigenvalue weighted by Crippen LogP contribution is 2.42. The predicted octanol–water partition coefficient (Wildman–Crippen LogP) is 1.41. The van der Waals surface area contributed by atoms with Crippen LogP contribution in [0.5, 0.6) is 0 Å². The van der Waals surface area contributed by atoms with Crippen molar-refractivity contribution in [3.8, 4) is 0 Å². The SMILES string of the molecule is CCCN(CCC)C(=O)COP(O)(=S)ONCC. The van der Waals surface area contributed by atoms with Crippen LogP contribution < -0.4 is 5.48 Å². The molecule has 0 saturated heterocycles. The van der Waals surface area contributed by atoms with Crippen LogP contribution in [0.25, 0.3) is 0 Å². The summed E-state index contributed by atoms with van der Waals surface area (Å²) in [6, 6.07) is 0. The minimum Gasteiger partial charge on any atom is -0.341 e. The van der Waals surface area contributed by atoms with Crippen LogP contribution in [-0.4, -0.2) is 41.9 Å². The number of hydroxylamine groups is 1. The molecule has 0 aliphatic heterocycles. The minimum absolute atomic E-state index is 0.179. The molecule has 108 valence electrons. The lowest BCUT2D eigenvalue weighted by Gasteiger charge is -2.22. The van der Waals surface area contributed by atoms with Crippen LogP contribution >= 0.6 is 6.72 Å². The van der Waals surface area contributed by atoms with E-state index in [0.717, 1.165) is 12.8 Å². The number of carbonyl (C=O) groups is 1. The topological polar surface area (TPSA) is 71.0 Å². The Morgan fingerprint density at radius 3 is 2.33 bits per heavy atom. The summed E-state index contributed by atoms with van der Waals surface area (Å²) in [4.78, 5) is 23.1. The molecular weight excluding hydrogens is 275 g/mol. The van der Waals surface area contributed by atoms with Gasteiger partial charge in [-0.15, -0.1) is 0 Å². The Morgan fingerprint density at radius 1 is 1.33 bits per heavy atom. The normalized spacial score (nSPS) is 14.2. The second-order valence-electron chi connectivity index (χ2n) is 3.71. The highest BCUT2D eigenvalue weighted by molar-refractivity contribution is 8.07. The fourth-order valence-corrected chi connectivity index (χ4v) is 2.24. The van der Waals surface area contributed by atoms with E-state index < -0.39 is 6.72 Å². The van der Waals surface area contributed by atoms with Gasteiger partial charge in [-0.3, -0.25) is 9.32 Å². The summed E-state index contributed by atoms with van der Waals surface area (Å²) in [5.41, 5.74) is 2.44. The van der Waals surface area contributed by atoms with Gasteiger partial charge in [-0.1, -0.05) is 20.8 Å². The summed E-state index contributed by atoms with van der Waals surface area (Å²) in [6.45, 7) is 4.03. The first kappa shape index (κ1) is 18.0. The number of nitrogens with zero attached hydrogens (tertiary/aromatic N) is 1. The van der Waals surface area contributed by atoms with Crippen molar-refractivity contribution < 1.29 is 18.8 Å². The van der Waals surface area contributed by atoms with Crippen molar-refractivity contribution in [3.05, 3.63) is 0 Å². The van der Waals surface area contributed by atoms with E-state index in [1.165, 1.54) is 0 Å². The lowest BCUT2D eigenvalue weighted by atomic mass is 10.3. The molecule has 0 aliphatic rings. The highest BCUT2D eigenvalue weighted by Gasteiger charge is 2.19.